The molecular weight excluding hydrogens is 124 g/mol. The van der Waals surface area contributed by atoms with Crippen LogP contribution in [0, 0.1) is 6.42 Å². The van der Waals surface area contributed by atoms with Crippen LogP contribution in [0.15, 0.2) is 0 Å². The largest absolute Gasteiger partial charge is 0.314 e. The van der Waals surface area contributed by atoms with Crippen LogP contribution in [-0.4, -0.2) is 25.2 Å². The van der Waals surface area contributed by atoms with E-state index in [0.717, 1.165) is 19.6 Å². The predicted octanol–water partition coefficient (Wildman–Crippen LogP) is 0.306. The van der Waals surface area contributed by atoms with E-state index in [1.165, 1.54) is 19.3 Å². The summed E-state index contributed by atoms with van der Waals surface area (Å²) in [5, 5.41) is 7.00. The van der Waals surface area contributed by atoms with Gasteiger partial charge in [0, 0.05) is 25.2 Å². The zero-order valence-corrected chi connectivity index (χ0v) is 6.32. The van der Waals surface area contributed by atoms with Crippen LogP contribution in [0.25, 0.3) is 0 Å². The van der Waals surface area contributed by atoms with Gasteiger partial charge < -0.3 is 10.6 Å². The number of rotatable bonds is 0. The summed E-state index contributed by atoms with van der Waals surface area (Å²) in [4.78, 5) is 0. The molecule has 2 rings (SSSR count). The first-order chi connectivity index (χ1) is 4.91. The lowest BCUT2D eigenvalue weighted by atomic mass is 9.96. The number of hydrogen-bond acceptors (Lipinski definition) is 2. The van der Waals surface area contributed by atoms with E-state index in [2.05, 4.69) is 17.1 Å². The van der Waals surface area contributed by atoms with Crippen LogP contribution >= 0.6 is 0 Å². The molecule has 0 bridgehead atoms. The molecule has 0 aromatic rings. The summed E-state index contributed by atoms with van der Waals surface area (Å²) in [7, 11) is 0. The highest BCUT2D eigenvalue weighted by Crippen LogP contribution is 2.28. The van der Waals surface area contributed by atoms with Crippen molar-refractivity contribution in [3.63, 3.8) is 0 Å². The molecule has 1 spiro atoms. The highest BCUT2D eigenvalue weighted by Gasteiger charge is 2.34. The highest BCUT2D eigenvalue weighted by molar-refractivity contribution is 5.08. The highest BCUT2D eigenvalue weighted by atomic mass is 15.1. The normalized spacial score (nSPS) is 31.2. The topological polar surface area (TPSA) is 24.1 Å². The summed E-state index contributed by atoms with van der Waals surface area (Å²) < 4.78 is 0. The lowest BCUT2D eigenvalue weighted by Gasteiger charge is -2.34. The van der Waals surface area contributed by atoms with Gasteiger partial charge in [0.25, 0.3) is 0 Å². The zero-order valence-electron chi connectivity index (χ0n) is 6.32. The van der Waals surface area contributed by atoms with E-state index >= 15 is 0 Å². The van der Waals surface area contributed by atoms with Gasteiger partial charge in [0.1, 0.15) is 0 Å². The van der Waals surface area contributed by atoms with E-state index in [9.17, 15) is 0 Å². The summed E-state index contributed by atoms with van der Waals surface area (Å²) >= 11 is 0. The number of piperazine rings is 1. The molecule has 1 saturated carbocycles. The predicted molar refractivity (Wildman–Crippen MR) is 41.8 cm³/mol. The molecule has 0 aromatic carbocycles. The van der Waals surface area contributed by atoms with Crippen molar-refractivity contribution in [1.82, 2.24) is 10.6 Å². The Balaban J connectivity index is 1.98. The summed E-state index contributed by atoms with van der Waals surface area (Å²) in [6.07, 6.45) is 6.45. The van der Waals surface area contributed by atoms with Gasteiger partial charge in [-0.05, 0) is 19.3 Å². The van der Waals surface area contributed by atoms with Crippen LogP contribution in [0.3, 0.4) is 0 Å². The van der Waals surface area contributed by atoms with Crippen molar-refractivity contribution in [2.24, 2.45) is 0 Å². The minimum Gasteiger partial charge on any atom is -0.314 e. The second-order valence-electron chi connectivity index (χ2n) is 3.36. The van der Waals surface area contributed by atoms with Gasteiger partial charge in [-0.2, -0.15) is 0 Å². The molecule has 1 heterocycles. The van der Waals surface area contributed by atoms with Crippen LogP contribution in [-0.2, 0) is 0 Å². The summed E-state index contributed by atoms with van der Waals surface area (Å²) in [6, 6.07) is 0. The van der Waals surface area contributed by atoms with Gasteiger partial charge in [-0.1, -0.05) is 6.42 Å². The molecule has 1 saturated heterocycles. The van der Waals surface area contributed by atoms with Crippen molar-refractivity contribution in [2.45, 2.75) is 24.8 Å². The monoisotopic (exact) mass is 139 g/mol. The smallest absolute Gasteiger partial charge is 0.0338 e. The van der Waals surface area contributed by atoms with Gasteiger partial charge in [0.05, 0.1) is 0 Å². The maximum absolute atomic E-state index is 3.58. The second kappa shape index (κ2) is 2.51. The van der Waals surface area contributed by atoms with Gasteiger partial charge >= 0.3 is 0 Å². The Hall–Kier alpha value is -0.0800. The Morgan fingerprint density at radius 3 is 2.90 bits per heavy atom. The van der Waals surface area contributed by atoms with Crippen molar-refractivity contribution < 1.29 is 0 Å². The van der Waals surface area contributed by atoms with Gasteiger partial charge in [-0.15, -0.1) is 0 Å². The van der Waals surface area contributed by atoms with Crippen LogP contribution in [0.1, 0.15) is 19.3 Å². The molecular formula is C8H15N2. The third kappa shape index (κ3) is 1.06. The molecule has 2 N–H and O–H groups in total. The molecule has 10 heavy (non-hydrogen) atoms. The second-order valence-corrected chi connectivity index (χ2v) is 3.36. The van der Waals surface area contributed by atoms with Crippen LogP contribution in [0.2, 0.25) is 0 Å². The van der Waals surface area contributed by atoms with Gasteiger partial charge in [-0.3, -0.25) is 0 Å². The molecule has 2 fully saturated rings. The summed E-state index contributed by atoms with van der Waals surface area (Å²) in [5.74, 6) is 0. The van der Waals surface area contributed by atoms with Gasteiger partial charge in [0.15, 0.2) is 0 Å². The first-order valence-electron chi connectivity index (χ1n) is 4.21. The molecule has 1 atom stereocenters. The Kier molecular flexibility index (Phi) is 1.66. The molecule has 2 nitrogen and oxygen atoms in total. The summed E-state index contributed by atoms with van der Waals surface area (Å²) in [6.45, 7) is 3.42. The fraction of sp³-hybridized carbons (Fsp3) is 0.875. The zero-order chi connectivity index (χ0) is 6.86. The van der Waals surface area contributed by atoms with Crippen molar-refractivity contribution in [2.75, 3.05) is 19.6 Å². The maximum atomic E-state index is 3.58. The first-order valence-corrected chi connectivity index (χ1v) is 4.21. The molecule has 57 valence electrons. The lowest BCUT2D eigenvalue weighted by molar-refractivity contribution is 0.320. The Bertz CT molecular complexity index is 108. The molecule has 0 amide bonds. The van der Waals surface area contributed by atoms with Crippen molar-refractivity contribution in [3.05, 3.63) is 6.42 Å². The van der Waals surface area contributed by atoms with E-state index in [1.54, 1.807) is 0 Å². The first kappa shape index (κ1) is 6.62. The van der Waals surface area contributed by atoms with Crippen molar-refractivity contribution in [1.29, 1.82) is 0 Å². The quantitative estimate of drug-likeness (QED) is 0.504. The van der Waals surface area contributed by atoms with Crippen molar-refractivity contribution in [3.8, 4) is 0 Å². The Morgan fingerprint density at radius 2 is 2.30 bits per heavy atom. The van der Waals surface area contributed by atoms with E-state index < -0.39 is 0 Å². The minimum absolute atomic E-state index is 0.387. The van der Waals surface area contributed by atoms with Crippen LogP contribution < -0.4 is 10.6 Å². The van der Waals surface area contributed by atoms with Crippen LogP contribution in [0.5, 0.6) is 0 Å². The fourth-order valence-corrected chi connectivity index (χ4v) is 1.99. The Morgan fingerprint density at radius 1 is 1.30 bits per heavy atom. The molecule has 1 aliphatic heterocycles. The molecule has 1 aliphatic carbocycles. The molecule has 2 heteroatoms. The maximum Gasteiger partial charge on any atom is 0.0338 e. The van der Waals surface area contributed by atoms with Gasteiger partial charge in [-0.25, -0.2) is 0 Å². The molecule has 0 aromatic heterocycles. The fourth-order valence-electron chi connectivity index (χ4n) is 1.99. The van der Waals surface area contributed by atoms with E-state index in [-0.39, 0.29) is 0 Å². The van der Waals surface area contributed by atoms with Gasteiger partial charge in [0.2, 0.25) is 0 Å². The van der Waals surface area contributed by atoms with Crippen molar-refractivity contribution >= 4 is 0 Å². The molecule has 2 aliphatic rings. The average Bonchev–Trinajstić information content (AvgIpc) is 2.39. The number of hydrogen-bond donors (Lipinski definition) is 2. The summed E-state index contributed by atoms with van der Waals surface area (Å²) in [5.41, 5.74) is 0.387. The average molecular weight is 139 g/mol. The van der Waals surface area contributed by atoms with Crippen LogP contribution in [0.4, 0.5) is 0 Å². The van der Waals surface area contributed by atoms with E-state index in [0.29, 0.717) is 5.54 Å². The lowest BCUT2D eigenvalue weighted by Crippen LogP contribution is -2.57. The third-order valence-electron chi connectivity index (χ3n) is 2.58. The third-order valence-corrected chi connectivity index (χ3v) is 2.58. The minimum atomic E-state index is 0.387. The van der Waals surface area contributed by atoms with E-state index in [1.807, 2.05) is 0 Å². The Labute approximate surface area is 62.4 Å². The van der Waals surface area contributed by atoms with E-state index in [4.69, 9.17) is 0 Å². The molecule has 1 unspecified atom stereocenters. The SMILES string of the molecule is [CH]1CCCC12CNCCN2. The molecule has 1 radical (unpaired) electrons. The standard InChI is InChI=1S/C8H15N2/c1-2-4-8(3-1)7-9-5-6-10-8/h3,9-10H,1-2,4-7H2. The number of nitrogens with one attached hydrogen (secondary N) is 2.